The number of hydrogen-bond donors (Lipinski definition) is 0. The van der Waals surface area contributed by atoms with Gasteiger partial charge in [-0.1, -0.05) is 90.9 Å². The van der Waals surface area contributed by atoms with Crippen molar-refractivity contribution < 1.29 is 4.74 Å². The van der Waals surface area contributed by atoms with Crippen LogP contribution in [-0.2, 0) is 4.74 Å². The second kappa shape index (κ2) is 18.0. The van der Waals surface area contributed by atoms with Crippen molar-refractivity contribution in [3.63, 3.8) is 0 Å². The lowest BCUT2D eigenvalue weighted by Crippen LogP contribution is -1.97. The molecule has 0 saturated heterocycles. The van der Waals surface area contributed by atoms with Crippen LogP contribution in [0.2, 0.25) is 0 Å². The van der Waals surface area contributed by atoms with E-state index in [2.05, 4.69) is 13.8 Å². The average molecular weight is 269 g/mol. The minimum Gasteiger partial charge on any atom is -0.381 e. The van der Waals surface area contributed by atoms with Crippen molar-refractivity contribution >= 4 is 0 Å². The summed E-state index contributed by atoms with van der Waals surface area (Å²) in [5.74, 6) is 0. The van der Waals surface area contributed by atoms with Crippen molar-refractivity contribution in [1.82, 2.24) is 0 Å². The fourth-order valence-electron chi connectivity index (χ4n) is 2.35. The van der Waals surface area contributed by atoms with Crippen LogP contribution in [0.25, 0.3) is 0 Å². The molecule has 0 N–H and O–H groups in total. The Morgan fingerprint density at radius 3 is 1.47 bits per heavy atom. The van der Waals surface area contributed by atoms with Gasteiger partial charge in [0.2, 0.25) is 0 Å². The van der Waals surface area contributed by atoms with Gasteiger partial charge >= 0.3 is 0 Å². The summed E-state index contributed by atoms with van der Waals surface area (Å²) in [6, 6.07) is 0. The van der Waals surface area contributed by atoms with Crippen molar-refractivity contribution in [2.75, 3.05) is 13.2 Å². The Kier molecular flexibility index (Phi) is 17.9. The lowest BCUT2D eigenvalue weighted by molar-refractivity contribution is 0.125. The zero-order valence-corrected chi connectivity index (χ0v) is 13.4. The van der Waals surface area contributed by atoms with E-state index in [4.69, 9.17) is 4.74 Å². The van der Waals surface area contributed by atoms with Crippen LogP contribution in [-0.4, -0.2) is 13.2 Å². The molecule has 0 aliphatic carbocycles. The summed E-state index contributed by atoms with van der Waals surface area (Å²) in [4.78, 5) is 0. The van der Waals surface area contributed by atoms with Crippen LogP contribution in [0.3, 0.4) is 0 Å². The molecule has 0 atom stereocenters. The highest BCUT2D eigenvalue weighted by atomic mass is 16.5. The first-order chi connectivity index (χ1) is 9.41. The van der Waals surface area contributed by atoms with Crippen LogP contribution >= 0.6 is 0 Å². The van der Waals surface area contributed by atoms with Gasteiger partial charge in [-0.15, -0.1) is 0 Å². The van der Waals surface area contributed by atoms with Crippen molar-refractivity contribution in [1.29, 1.82) is 0 Å². The number of hydrogen-bond acceptors (Lipinski definition) is 1. The smallest absolute Gasteiger partial charge is 0.0466 e. The molecule has 0 aliphatic rings. The molecule has 115 valence electrons. The van der Waals surface area contributed by atoms with E-state index in [1.807, 2.05) is 0 Å². The second-order valence-corrected chi connectivity index (χ2v) is 5.71. The highest BCUT2D eigenvalue weighted by Gasteiger charge is 1.93. The van der Waals surface area contributed by atoms with E-state index in [1.165, 1.54) is 83.5 Å². The zero-order chi connectivity index (χ0) is 14.0. The molecule has 19 heavy (non-hydrogen) atoms. The molecule has 0 aliphatic heterocycles. The molecule has 0 aromatic carbocycles. The molecule has 1 nitrogen and oxygen atoms in total. The molecule has 1 radical (unpaired) electrons. The van der Waals surface area contributed by atoms with Crippen LogP contribution < -0.4 is 0 Å². The minimum atomic E-state index is 0.966. The minimum absolute atomic E-state index is 0.966. The van der Waals surface area contributed by atoms with E-state index in [1.54, 1.807) is 0 Å². The molecular weight excluding hydrogens is 232 g/mol. The summed E-state index contributed by atoms with van der Waals surface area (Å²) in [6.45, 7) is 8.08. The highest BCUT2D eigenvalue weighted by Crippen LogP contribution is 2.09. The zero-order valence-electron chi connectivity index (χ0n) is 13.4. The predicted octanol–water partition coefficient (Wildman–Crippen LogP) is 6.32. The normalized spacial score (nSPS) is 11.1. The molecule has 0 aromatic rings. The third-order valence-corrected chi connectivity index (χ3v) is 3.68. The van der Waals surface area contributed by atoms with E-state index in [9.17, 15) is 0 Å². The van der Waals surface area contributed by atoms with Gasteiger partial charge in [-0.05, 0) is 12.8 Å². The van der Waals surface area contributed by atoms with Crippen molar-refractivity contribution in [2.24, 2.45) is 0 Å². The summed E-state index contributed by atoms with van der Waals surface area (Å²) < 4.78 is 5.66. The summed E-state index contributed by atoms with van der Waals surface area (Å²) in [5, 5.41) is 0. The average Bonchev–Trinajstić information content (AvgIpc) is 2.43. The van der Waals surface area contributed by atoms with Gasteiger partial charge in [-0.3, -0.25) is 0 Å². The van der Waals surface area contributed by atoms with Gasteiger partial charge in [0.1, 0.15) is 0 Å². The maximum atomic E-state index is 5.66. The number of rotatable bonds is 16. The Hall–Kier alpha value is -0.0400. The Labute approximate surface area is 122 Å². The van der Waals surface area contributed by atoms with Gasteiger partial charge in [0.15, 0.2) is 0 Å². The quantitative estimate of drug-likeness (QED) is 0.298. The summed E-state index contributed by atoms with van der Waals surface area (Å²) in [7, 11) is 0. The van der Waals surface area contributed by atoms with Crippen LogP contribution in [0.1, 0.15) is 96.8 Å². The molecule has 0 bridgehead atoms. The molecule has 1 heteroatoms. The van der Waals surface area contributed by atoms with Crippen LogP contribution in [0.15, 0.2) is 0 Å². The fourth-order valence-corrected chi connectivity index (χ4v) is 2.35. The first-order valence-corrected chi connectivity index (χ1v) is 8.78. The predicted molar refractivity (Wildman–Crippen MR) is 86.5 cm³/mol. The lowest BCUT2D eigenvalue weighted by atomic mass is 10.1. The molecule has 0 heterocycles. The van der Waals surface area contributed by atoms with Crippen molar-refractivity contribution in [2.45, 2.75) is 96.8 Å². The highest BCUT2D eigenvalue weighted by molar-refractivity contribution is 4.47. The molecule has 0 saturated carbocycles. The van der Waals surface area contributed by atoms with Crippen molar-refractivity contribution in [3.8, 4) is 0 Å². The molecule has 0 rings (SSSR count). The number of unbranched alkanes of at least 4 members (excludes halogenated alkanes) is 12. The Morgan fingerprint density at radius 2 is 1.00 bits per heavy atom. The largest absolute Gasteiger partial charge is 0.381 e. The van der Waals surface area contributed by atoms with Gasteiger partial charge in [-0.2, -0.15) is 0 Å². The molecule has 0 spiro atoms. The van der Waals surface area contributed by atoms with Gasteiger partial charge < -0.3 is 4.74 Å². The standard InChI is InChI=1S/C18H37O/c1-3-5-7-9-10-11-12-14-16-18-19-17-15-13-8-6-4-2/h2-18H2,1H3. The SMILES string of the molecule is [CH2]CCCCCCOCCCCCCCCCCC. The molecular formula is C18H37O. The van der Waals surface area contributed by atoms with E-state index in [0.29, 0.717) is 0 Å². The van der Waals surface area contributed by atoms with E-state index < -0.39 is 0 Å². The second-order valence-electron chi connectivity index (χ2n) is 5.71. The first kappa shape index (κ1) is 19.0. The van der Waals surface area contributed by atoms with Gasteiger partial charge in [0.05, 0.1) is 0 Å². The van der Waals surface area contributed by atoms with Crippen LogP contribution in [0.5, 0.6) is 0 Å². The first-order valence-electron chi connectivity index (χ1n) is 8.78. The van der Waals surface area contributed by atoms with Crippen molar-refractivity contribution in [3.05, 3.63) is 6.92 Å². The van der Waals surface area contributed by atoms with E-state index in [0.717, 1.165) is 19.6 Å². The third kappa shape index (κ3) is 18.0. The van der Waals surface area contributed by atoms with E-state index >= 15 is 0 Å². The molecule has 0 unspecified atom stereocenters. The Morgan fingerprint density at radius 1 is 0.579 bits per heavy atom. The van der Waals surface area contributed by atoms with E-state index in [-0.39, 0.29) is 0 Å². The van der Waals surface area contributed by atoms with Crippen LogP contribution in [0, 0.1) is 6.92 Å². The fraction of sp³-hybridized carbons (Fsp3) is 0.944. The summed E-state index contributed by atoms with van der Waals surface area (Å²) >= 11 is 0. The Balaban J connectivity index is 2.88. The lowest BCUT2D eigenvalue weighted by Gasteiger charge is -2.04. The summed E-state index contributed by atoms with van der Waals surface area (Å²) in [5.41, 5.74) is 0. The number of ether oxygens (including phenoxy) is 1. The molecule has 0 fully saturated rings. The molecule has 0 amide bonds. The maximum absolute atomic E-state index is 5.66. The maximum Gasteiger partial charge on any atom is 0.0466 e. The van der Waals surface area contributed by atoms with Gasteiger partial charge in [-0.25, -0.2) is 0 Å². The van der Waals surface area contributed by atoms with Gasteiger partial charge in [0.25, 0.3) is 0 Å². The van der Waals surface area contributed by atoms with Gasteiger partial charge in [0, 0.05) is 13.2 Å². The topological polar surface area (TPSA) is 9.23 Å². The Bertz CT molecular complexity index is 129. The summed E-state index contributed by atoms with van der Waals surface area (Å²) in [6.07, 6.45) is 18.8. The monoisotopic (exact) mass is 269 g/mol. The third-order valence-electron chi connectivity index (χ3n) is 3.68. The van der Waals surface area contributed by atoms with Crippen LogP contribution in [0.4, 0.5) is 0 Å². The molecule has 0 aromatic heterocycles.